The highest BCUT2D eigenvalue weighted by Gasteiger charge is 2.58. The monoisotopic (exact) mass is 1040 g/mol. The first kappa shape index (κ1) is 56.6. The molecular formula is C56H66O19. The molecule has 7 rings (SSSR count). The van der Waals surface area contributed by atoms with Crippen LogP contribution in [0.5, 0.6) is 0 Å². The van der Waals surface area contributed by atoms with Crippen molar-refractivity contribution in [3.63, 3.8) is 0 Å². The maximum absolute atomic E-state index is 13.4. The zero-order valence-corrected chi connectivity index (χ0v) is 43.0. The number of hydrogen-bond donors (Lipinski definition) is 0. The molecule has 0 unspecified atom stereocenters. The Kier molecular flexibility index (Phi) is 20.8. The SMILES string of the molecule is CC(=O)O[C@@H]1[C@@H](OC(C)=O)[C@H](C)O[C@@H](O[C@@H]2[C@@H](OCc3ccccc3)[C@H](C)O[C@@H](O[C@H]3[C@@H](OCc4ccccc4)[C@@H](COCc4ccccc4)O[C@@H](OCc4ccccc4)[C@@H]3OC(C)=O)[C@@H]2OC(C)=O)[C@@H]1OC(C)=O. The van der Waals surface area contributed by atoms with Gasteiger partial charge in [-0.15, -0.1) is 0 Å². The Morgan fingerprint density at radius 1 is 0.360 bits per heavy atom. The van der Waals surface area contributed by atoms with Crippen LogP contribution in [0, 0.1) is 0 Å². The first-order valence-electron chi connectivity index (χ1n) is 24.8. The van der Waals surface area contributed by atoms with Crippen LogP contribution < -0.4 is 0 Å². The zero-order chi connectivity index (χ0) is 53.4. The first-order chi connectivity index (χ1) is 36.1. The lowest BCUT2D eigenvalue weighted by Crippen LogP contribution is -2.68. The summed E-state index contributed by atoms with van der Waals surface area (Å²) >= 11 is 0. The van der Waals surface area contributed by atoms with Gasteiger partial charge in [-0.2, -0.15) is 0 Å². The van der Waals surface area contributed by atoms with Gasteiger partial charge in [-0.1, -0.05) is 121 Å². The normalized spacial score (nSPS) is 29.6. The molecule has 3 saturated heterocycles. The van der Waals surface area contributed by atoms with Gasteiger partial charge in [-0.25, -0.2) is 0 Å². The summed E-state index contributed by atoms with van der Waals surface area (Å²) in [6, 6.07) is 37.5. The van der Waals surface area contributed by atoms with Crippen molar-refractivity contribution in [1.29, 1.82) is 0 Å². The highest BCUT2D eigenvalue weighted by Crippen LogP contribution is 2.39. The maximum Gasteiger partial charge on any atom is 0.303 e. The average Bonchev–Trinajstić information content (AvgIpc) is 3.38. The summed E-state index contributed by atoms with van der Waals surface area (Å²) in [6.45, 7) is 9.35. The van der Waals surface area contributed by atoms with Crippen molar-refractivity contribution >= 4 is 29.8 Å². The Balaban J connectivity index is 1.31. The van der Waals surface area contributed by atoms with Gasteiger partial charge < -0.3 is 66.3 Å². The van der Waals surface area contributed by atoms with E-state index in [1.165, 1.54) is 20.8 Å². The molecule has 0 bridgehead atoms. The van der Waals surface area contributed by atoms with Crippen molar-refractivity contribution in [2.45, 2.75) is 167 Å². The summed E-state index contributed by atoms with van der Waals surface area (Å²) in [5.41, 5.74) is 3.26. The van der Waals surface area contributed by atoms with Gasteiger partial charge in [0.25, 0.3) is 0 Å². The molecule has 4 aromatic rings. The summed E-state index contributed by atoms with van der Waals surface area (Å²) in [5.74, 6) is -3.81. The van der Waals surface area contributed by atoms with Gasteiger partial charge in [-0.3, -0.25) is 24.0 Å². The number of esters is 5. The van der Waals surface area contributed by atoms with Gasteiger partial charge >= 0.3 is 29.8 Å². The Bertz CT molecular complexity index is 2430. The fraction of sp³-hybridized carbons (Fsp3) is 0.482. The summed E-state index contributed by atoms with van der Waals surface area (Å²) in [6.07, 6.45) is -19.5. The number of carbonyl (C=O) groups excluding carboxylic acids is 5. The molecule has 15 atom stereocenters. The molecule has 3 fully saturated rings. The molecule has 0 amide bonds. The van der Waals surface area contributed by atoms with Crippen LogP contribution in [0.2, 0.25) is 0 Å². The van der Waals surface area contributed by atoms with E-state index in [1.54, 1.807) is 13.8 Å². The number of rotatable bonds is 22. The second-order valence-electron chi connectivity index (χ2n) is 18.4. The van der Waals surface area contributed by atoms with Crippen LogP contribution in [-0.2, 0) is 117 Å². The molecule has 19 heteroatoms. The van der Waals surface area contributed by atoms with E-state index < -0.39 is 122 Å². The Labute approximate surface area is 436 Å². The zero-order valence-electron chi connectivity index (χ0n) is 43.0. The van der Waals surface area contributed by atoms with E-state index in [9.17, 15) is 24.0 Å². The van der Waals surface area contributed by atoms with Crippen LogP contribution in [0.3, 0.4) is 0 Å². The molecule has 0 radical (unpaired) electrons. The molecule has 75 heavy (non-hydrogen) atoms. The van der Waals surface area contributed by atoms with Crippen LogP contribution in [0.4, 0.5) is 0 Å². The highest BCUT2D eigenvalue weighted by molar-refractivity contribution is 5.69. The Morgan fingerprint density at radius 2 is 0.693 bits per heavy atom. The lowest BCUT2D eigenvalue weighted by molar-refractivity contribution is -0.383. The lowest BCUT2D eigenvalue weighted by atomic mass is 9.95. The molecule has 0 spiro atoms. The molecule has 3 aliphatic heterocycles. The van der Waals surface area contributed by atoms with Crippen LogP contribution in [0.15, 0.2) is 121 Å². The minimum absolute atomic E-state index is 0.0201. The highest BCUT2D eigenvalue weighted by atomic mass is 16.8. The number of ether oxygens (including phenoxy) is 14. The van der Waals surface area contributed by atoms with E-state index >= 15 is 0 Å². The maximum atomic E-state index is 13.4. The molecule has 0 aromatic heterocycles. The molecule has 3 aliphatic rings. The van der Waals surface area contributed by atoms with Crippen LogP contribution >= 0.6 is 0 Å². The van der Waals surface area contributed by atoms with Crippen molar-refractivity contribution in [2.24, 2.45) is 0 Å². The third-order valence-corrected chi connectivity index (χ3v) is 12.4. The minimum atomic E-state index is -1.60. The Morgan fingerprint density at radius 3 is 1.13 bits per heavy atom. The van der Waals surface area contributed by atoms with Crippen molar-refractivity contribution in [2.75, 3.05) is 6.61 Å². The van der Waals surface area contributed by atoms with Gasteiger partial charge in [0.2, 0.25) is 0 Å². The van der Waals surface area contributed by atoms with E-state index in [0.29, 0.717) is 0 Å². The van der Waals surface area contributed by atoms with Crippen molar-refractivity contribution in [1.82, 2.24) is 0 Å². The van der Waals surface area contributed by atoms with E-state index in [2.05, 4.69) is 0 Å². The summed E-state index contributed by atoms with van der Waals surface area (Å²) < 4.78 is 89.1. The van der Waals surface area contributed by atoms with Crippen LogP contribution in [0.1, 0.15) is 70.7 Å². The van der Waals surface area contributed by atoms with Crippen LogP contribution in [0.25, 0.3) is 0 Å². The molecule has 19 nitrogen and oxygen atoms in total. The van der Waals surface area contributed by atoms with Gasteiger partial charge in [0.1, 0.15) is 30.5 Å². The molecule has 0 N–H and O–H groups in total. The molecular weight excluding hydrogens is 977 g/mol. The smallest absolute Gasteiger partial charge is 0.303 e. The Hall–Kier alpha value is -6.13. The second kappa shape index (κ2) is 27.6. The van der Waals surface area contributed by atoms with E-state index in [-0.39, 0.29) is 33.0 Å². The third-order valence-electron chi connectivity index (χ3n) is 12.4. The van der Waals surface area contributed by atoms with Crippen molar-refractivity contribution in [3.8, 4) is 0 Å². The van der Waals surface area contributed by atoms with E-state index in [1.807, 2.05) is 121 Å². The number of benzene rings is 4. The fourth-order valence-corrected chi connectivity index (χ4v) is 9.15. The average molecular weight is 1040 g/mol. The topological polar surface area (TPSA) is 215 Å². The number of carbonyl (C=O) groups is 5. The molecule has 0 saturated carbocycles. The summed E-state index contributed by atoms with van der Waals surface area (Å²) in [7, 11) is 0. The predicted octanol–water partition coefficient (Wildman–Crippen LogP) is 6.23. The van der Waals surface area contributed by atoms with Gasteiger partial charge in [0.15, 0.2) is 49.4 Å². The van der Waals surface area contributed by atoms with Crippen molar-refractivity contribution < 1.29 is 90.3 Å². The van der Waals surface area contributed by atoms with Crippen molar-refractivity contribution in [3.05, 3.63) is 144 Å². The molecule has 4 aromatic carbocycles. The third kappa shape index (κ3) is 16.2. The molecule has 3 heterocycles. The second-order valence-corrected chi connectivity index (χ2v) is 18.4. The summed E-state index contributed by atoms with van der Waals surface area (Å²) in [4.78, 5) is 64.6. The standard InChI is InChI=1S/C56H66O19/c1-33-45(63-29-41-22-14-9-15-23-41)48(74-56-53(72-39(7)61)49(69-36(4)58)46(34(2)67-56)68-35(3)57)52(71-38(6)60)55(66-33)75-50-47(64-30-42-24-16-10-17-25-42)44(32-62-28-40-20-12-8-13-21-40)73-54(51(50)70-37(5)59)65-31-43-26-18-11-19-27-43/h8-27,33-34,44-56H,28-32H2,1-7H3/t33-,34-,44+,45-,46-,47-,48+,49+,50-,51+,52+,53+,54+,55-,56-/m0/s1. The number of hydrogen-bond acceptors (Lipinski definition) is 19. The lowest BCUT2D eigenvalue weighted by Gasteiger charge is -2.50. The quantitative estimate of drug-likeness (QED) is 0.0630. The first-order valence-corrected chi connectivity index (χ1v) is 24.8. The molecule has 0 aliphatic carbocycles. The largest absolute Gasteiger partial charge is 0.456 e. The minimum Gasteiger partial charge on any atom is -0.456 e. The van der Waals surface area contributed by atoms with Gasteiger partial charge in [0, 0.05) is 34.6 Å². The summed E-state index contributed by atoms with van der Waals surface area (Å²) in [5, 5.41) is 0. The van der Waals surface area contributed by atoms with Gasteiger partial charge in [-0.05, 0) is 36.1 Å². The van der Waals surface area contributed by atoms with E-state index in [0.717, 1.165) is 36.1 Å². The van der Waals surface area contributed by atoms with E-state index in [4.69, 9.17) is 66.3 Å². The van der Waals surface area contributed by atoms with Gasteiger partial charge in [0.05, 0.1) is 45.2 Å². The molecule has 404 valence electrons. The predicted molar refractivity (Wildman–Crippen MR) is 262 cm³/mol. The fourth-order valence-electron chi connectivity index (χ4n) is 9.15. The van der Waals surface area contributed by atoms with Crippen LogP contribution in [-0.4, -0.2) is 129 Å².